The summed E-state index contributed by atoms with van der Waals surface area (Å²) >= 11 is 0. The number of fused-ring (bicyclic) bond motifs is 1. The highest BCUT2D eigenvalue weighted by atomic mass is 15.3. The van der Waals surface area contributed by atoms with Crippen LogP contribution in [0.25, 0.3) is 0 Å². The summed E-state index contributed by atoms with van der Waals surface area (Å²) < 4.78 is 0. The third kappa shape index (κ3) is 2.85. The van der Waals surface area contributed by atoms with E-state index in [1.807, 2.05) is 36.4 Å². The molecular weight excluding hydrogens is 306 g/mol. The number of nitrogens with zero attached hydrogens (tertiary/aromatic N) is 3. The predicted octanol–water partition coefficient (Wildman–Crippen LogP) is 4.73. The van der Waals surface area contributed by atoms with Gasteiger partial charge in [0.25, 0.3) is 0 Å². The molecule has 3 aromatic carbocycles. The van der Waals surface area contributed by atoms with Crippen LogP contribution in [0.1, 0.15) is 23.6 Å². The zero-order valence-corrected chi connectivity index (χ0v) is 14.1. The SMILES string of the molecule is CCN1C(c2ccccc2)=NN=C(c2ccccc2)c2ccccc21. The zero-order valence-electron chi connectivity index (χ0n) is 14.1. The van der Waals surface area contributed by atoms with Crippen molar-refractivity contribution in [3.8, 4) is 0 Å². The average molecular weight is 325 g/mol. The minimum Gasteiger partial charge on any atom is -0.324 e. The molecule has 0 aliphatic carbocycles. The van der Waals surface area contributed by atoms with Crippen molar-refractivity contribution in [1.82, 2.24) is 0 Å². The lowest BCUT2D eigenvalue weighted by Gasteiger charge is -2.25. The van der Waals surface area contributed by atoms with Crippen molar-refractivity contribution in [1.29, 1.82) is 0 Å². The molecule has 122 valence electrons. The van der Waals surface area contributed by atoms with Gasteiger partial charge >= 0.3 is 0 Å². The first-order chi connectivity index (χ1) is 12.4. The smallest absolute Gasteiger partial charge is 0.162 e. The molecule has 0 fully saturated rings. The molecule has 1 heterocycles. The monoisotopic (exact) mass is 325 g/mol. The fourth-order valence-electron chi connectivity index (χ4n) is 3.16. The summed E-state index contributed by atoms with van der Waals surface area (Å²) in [5.74, 6) is 0.876. The number of hydrogen-bond acceptors (Lipinski definition) is 3. The van der Waals surface area contributed by atoms with E-state index in [4.69, 9.17) is 0 Å². The van der Waals surface area contributed by atoms with Crippen LogP contribution in [0.4, 0.5) is 5.69 Å². The maximum absolute atomic E-state index is 4.65. The molecule has 3 heteroatoms. The molecule has 0 unspecified atom stereocenters. The van der Waals surface area contributed by atoms with E-state index in [0.29, 0.717) is 0 Å². The number of amidine groups is 1. The van der Waals surface area contributed by atoms with Crippen molar-refractivity contribution >= 4 is 17.2 Å². The van der Waals surface area contributed by atoms with Gasteiger partial charge in [0, 0.05) is 23.2 Å². The highest BCUT2D eigenvalue weighted by Gasteiger charge is 2.23. The largest absolute Gasteiger partial charge is 0.324 e. The molecule has 3 aromatic rings. The van der Waals surface area contributed by atoms with E-state index in [1.165, 1.54) is 0 Å². The number of hydrogen-bond donors (Lipinski definition) is 0. The summed E-state index contributed by atoms with van der Waals surface area (Å²) in [5, 5.41) is 9.30. The van der Waals surface area contributed by atoms with Gasteiger partial charge in [-0.3, -0.25) is 0 Å². The Morgan fingerprint density at radius 3 is 1.96 bits per heavy atom. The lowest BCUT2D eigenvalue weighted by Crippen LogP contribution is -2.31. The second-order valence-corrected chi connectivity index (χ2v) is 5.87. The van der Waals surface area contributed by atoms with Gasteiger partial charge in [-0.1, -0.05) is 78.9 Å². The van der Waals surface area contributed by atoms with Gasteiger partial charge < -0.3 is 4.90 Å². The second-order valence-electron chi connectivity index (χ2n) is 5.87. The fourth-order valence-corrected chi connectivity index (χ4v) is 3.16. The van der Waals surface area contributed by atoms with Crippen molar-refractivity contribution in [2.24, 2.45) is 10.2 Å². The first kappa shape index (κ1) is 15.3. The number of anilines is 1. The summed E-state index contributed by atoms with van der Waals surface area (Å²) in [6, 6.07) is 28.9. The lowest BCUT2D eigenvalue weighted by molar-refractivity contribution is 1.04. The fraction of sp³-hybridized carbons (Fsp3) is 0.0909. The van der Waals surface area contributed by atoms with E-state index < -0.39 is 0 Å². The summed E-state index contributed by atoms with van der Waals surface area (Å²) in [5.41, 5.74) is 5.28. The molecule has 0 spiro atoms. The van der Waals surface area contributed by atoms with Crippen LogP contribution in [0.15, 0.2) is 95.1 Å². The molecule has 0 bridgehead atoms. The van der Waals surface area contributed by atoms with Gasteiger partial charge in [-0.25, -0.2) is 0 Å². The minimum absolute atomic E-state index is 0.822. The number of rotatable bonds is 3. The van der Waals surface area contributed by atoms with E-state index in [0.717, 1.165) is 40.5 Å². The number of para-hydroxylation sites is 1. The standard InChI is InChI=1S/C22H19N3/c1-2-25-20-16-10-9-15-19(20)21(17-11-5-3-6-12-17)23-24-22(25)18-13-7-4-8-14-18/h3-16H,2H2,1H3. The van der Waals surface area contributed by atoms with Gasteiger partial charge in [-0.15, -0.1) is 10.2 Å². The van der Waals surface area contributed by atoms with Gasteiger partial charge in [-0.05, 0) is 13.0 Å². The highest BCUT2D eigenvalue weighted by Crippen LogP contribution is 2.28. The summed E-state index contributed by atoms with van der Waals surface area (Å²) in [7, 11) is 0. The Morgan fingerprint density at radius 1 is 0.680 bits per heavy atom. The molecular formula is C22H19N3. The normalized spacial score (nSPS) is 13.6. The van der Waals surface area contributed by atoms with Gasteiger partial charge in [0.1, 0.15) is 5.71 Å². The Bertz CT molecular complexity index is 928. The third-order valence-corrected chi connectivity index (χ3v) is 4.35. The van der Waals surface area contributed by atoms with Crippen molar-refractivity contribution < 1.29 is 0 Å². The molecule has 3 nitrogen and oxygen atoms in total. The maximum atomic E-state index is 4.65. The molecule has 0 saturated heterocycles. The Hall–Kier alpha value is -3.20. The van der Waals surface area contributed by atoms with Crippen molar-refractivity contribution in [2.75, 3.05) is 11.4 Å². The summed E-state index contributed by atoms with van der Waals surface area (Å²) in [6.45, 7) is 2.96. The van der Waals surface area contributed by atoms with E-state index in [1.54, 1.807) is 0 Å². The van der Waals surface area contributed by atoms with Crippen molar-refractivity contribution in [2.45, 2.75) is 6.92 Å². The Balaban J connectivity index is 1.94. The van der Waals surface area contributed by atoms with Crippen LogP contribution in [-0.2, 0) is 0 Å². The molecule has 0 atom stereocenters. The molecule has 1 aliphatic heterocycles. The van der Waals surface area contributed by atoms with Gasteiger partial charge in [0.15, 0.2) is 5.84 Å². The van der Waals surface area contributed by atoms with Gasteiger partial charge in [-0.2, -0.15) is 0 Å². The Kier molecular flexibility index (Phi) is 4.13. The maximum Gasteiger partial charge on any atom is 0.162 e. The van der Waals surface area contributed by atoms with E-state index in [-0.39, 0.29) is 0 Å². The third-order valence-electron chi connectivity index (χ3n) is 4.35. The molecule has 0 N–H and O–H groups in total. The molecule has 25 heavy (non-hydrogen) atoms. The first-order valence-corrected chi connectivity index (χ1v) is 8.52. The molecule has 4 rings (SSSR count). The molecule has 0 saturated carbocycles. The van der Waals surface area contributed by atoms with Gasteiger partial charge in [0.2, 0.25) is 0 Å². The zero-order chi connectivity index (χ0) is 17.1. The van der Waals surface area contributed by atoms with E-state index >= 15 is 0 Å². The van der Waals surface area contributed by atoms with E-state index in [9.17, 15) is 0 Å². The first-order valence-electron chi connectivity index (χ1n) is 8.52. The molecule has 1 aliphatic rings. The van der Waals surface area contributed by atoms with Gasteiger partial charge in [0.05, 0.1) is 5.69 Å². The van der Waals surface area contributed by atoms with Crippen LogP contribution < -0.4 is 4.90 Å². The average Bonchev–Trinajstić information content (AvgIpc) is 2.86. The van der Waals surface area contributed by atoms with Crippen LogP contribution in [0.5, 0.6) is 0 Å². The lowest BCUT2D eigenvalue weighted by atomic mass is 10.00. The Morgan fingerprint density at radius 2 is 1.28 bits per heavy atom. The van der Waals surface area contributed by atoms with Crippen LogP contribution in [0.3, 0.4) is 0 Å². The van der Waals surface area contributed by atoms with Crippen LogP contribution in [0, 0.1) is 0 Å². The minimum atomic E-state index is 0.822. The quantitative estimate of drug-likeness (QED) is 0.684. The topological polar surface area (TPSA) is 28.0 Å². The summed E-state index contributed by atoms with van der Waals surface area (Å²) in [6.07, 6.45) is 0. The van der Waals surface area contributed by atoms with E-state index in [2.05, 4.69) is 70.6 Å². The molecule has 0 radical (unpaired) electrons. The van der Waals surface area contributed by atoms with Crippen LogP contribution in [-0.4, -0.2) is 18.1 Å². The molecule has 0 aromatic heterocycles. The molecule has 0 amide bonds. The van der Waals surface area contributed by atoms with Crippen LogP contribution >= 0.6 is 0 Å². The van der Waals surface area contributed by atoms with Crippen molar-refractivity contribution in [3.63, 3.8) is 0 Å². The summed E-state index contributed by atoms with van der Waals surface area (Å²) in [4.78, 5) is 2.23. The highest BCUT2D eigenvalue weighted by molar-refractivity contribution is 6.21. The van der Waals surface area contributed by atoms with Crippen molar-refractivity contribution in [3.05, 3.63) is 102 Å². The number of benzene rings is 3. The predicted molar refractivity (Wildman–Crippen MR) is 105 cm³/mol. The Labute approximate surface area is 148 Å². The van der Waals surface area contributed by atoms with Crippen LogP contribution in [0.2, 0.25) is 0 Å². The second kappa shape index (κ2) is 6.73.